The fourth-order valence-corrected chi connectivity index (χ4v) is 2.70. The first-order valence-corrected chi connectivity index (χ1v) is 8.21. The summed E-state index contributed by atoms with van der Waals surface area (Å²) >= 11 is 6.07. The van der Waals surface area contributed by atoms with Gasteiger partial charge in [0.25, 0.3) is 0 Å². The summed E-state index contributed by atoms with van der Waals surface area (Å²) in [5.41, 5.74) is 1.60. The van der Waals surface area contributed by atoms with Crippen LogP contribution in [-0.2, 0) is 11.3 Å². The maximum Gasteiger partial charge on any atom is 0.321 e. The maximum absolute atomic E-state index is 12.3. The standard InChI is InChI=1S/C15H18ClN7O2/c1-11-2-3-12(8-13(11)16)18-15(25)22-6-4-21(5-7-22)14(24)9-23-10-17-19-20-23/h2-3,8,10H,4-7,9H2,1H3,(H,18,25). The van der Waals surface area contributed by atoms with Gasteiger partial charge in [-0.15, -0.1) is 5.10 Å². The third-order valence-corrected chi connectivity index (χ3v) is 4.44. The molecule has 0 saturated carbocycles. The Hall–Kier alpha value is -2.68. The molecule has 1 aromatic carbocycles. The first-order valence-electron chi connectivity index (χ1n) is 7.83. The van der Waals surface area contributed by atoms with Crippen LogP contribution in [0.3, 0.4) is 0 Å². The topological polar surface area (TPSA) is 96.2 Å². The van der Waals surface area contributed by atoms with Gasteiger partial charge < -0.3 is 15.1 Å². The minimum absolute atomic E-state index is 0.0716. The van der Waals surface area contributed by atoms with Crippen LogP contribution in [0.15, 0.2) is 24.5 Å². The number of hydrogen-bond donors (Lipinski definition) is 1. The largest absolute Gasteiger partial charge is 0.338 e. The Bertz CT molecular complexity index is 757. The van der Waals surface area contributed by atoms with Crippen molar-refractivity contribution in [3.8, 4) is 0 Å². The number of nitrogens with one attached hydrogen (secondary N) is 1. The number of amides is 3. The highest BCUT2D eigenvalue weighted by Crippen LogP contribution is 2.20. The number of rotatable bonds is 3. The van der Waals surface area contributed by atoms with E-state index in [1.807, 2.05) is 19.1 Å². The summed E-state index contributed by atoms with van der Waals surface area (Å²) < 4.78 is 1.38. The van der Waals surface area contributed by atoms with Crippen molar-refractivity contribution in [2.24, 2.45) is 0 Å². The predicted molar refractivity (Wildman–Crippen MR) is 91.2 cm³/mol. The van der Waals surface area contributed by atoms with E-state index in [1.54, 1.807) is 15.9 Å². The van der Waals surface area contributed by atoms with Crippen LogP contribution >= 0.6 is 11.6 Å². The molecular formula is C15H18ClN7O2. The number of halogens is 1. The molecule has 1 saturated heterocycles. The van der Waals surface area contributed by atoms with Gasteiger partial charge in [-0.25, -0.2) is 9.48 Å². The van der Waals surface area contributed by atoms with E-state index < -0.39 is 0 Å². The molecule has 1 aliphatic heterocycles. The number of aromatic nitrogens is 4. The average molecular weight is 364 g/mol. The van der Waals surface area contributed by atoms with Gasteiger partial charge in [-0.1, -0.05) is 17.7 Å². The highest BCUT2D eigenvalue weighted by atomic mass is 35.5. The number of carbonyl (C=O) groups excluding carboxylic acids is 2. The highest BCUT2D eigenvalue weighted by molar-refractivity contribution is 6.31. The van der Waals surface area contributed by atoms with E-state index in [9.17, 15) is 9.59 Å². The summed E-state index contributed by atoms with van der Waals surface area (Å²) in [6.45, 7) is 3.88. The van der Waals surface area contributed by atoms with Crippen molar-refractivity contribution < 1.29 is 9.59 Å². The number of aryl methyl sites for hydroxylation is 1. The second kappa shape index (κ2) is 7.47. The number of benzene rings is 1. The summed E-state index contributed by atoms with van der Waals surface area (Å²) in [6, 6.07) is 5.19. The second-order valence-corrected chi connectivity index (χ2v) is 6.18. The predicted octanol–water partition coefficient (Wildman–Crippen LogP) is 1.01. The number of carbonyl (C=O) groups is 2. The monoisotopic (exact) mass is 363 g/mol. The van der Waals surface area contributed by atoms with Gasteiger partial charge in [0.2, 0.25) is 5.91 Å². The smallest absolute Gasteiger partial charge is 0.321 e. The van der Waals surface area contributed by atoms with Crippen molar-refractivity contribution in [1.82, 2.24) is 30.0 Å². The molecule has 10 heteroatoms. The van der Waals surface area contributed by atoms with Crippen molar-refractivity contribution >= 4 is 29.2 Å². The summed E-state index contributed by atoms with van der Waals surface area (Å²) in [5.74, 6) is -0.0716. The first-order chi connectivity index (χ1) is 12.0. The number of nitrogens with zero attached hydrogens (tertiary/aromatic N) is 6. The molecule has 1 N–H and O–H groups in total. The molecule has 3 amide bonds. The summed E-state index contributed by atoms with van der Waals surface area (Å²) in [4.78, 5) is 27.9. The van der Waals surface area contributed by atoms with Gasteiger partial charge in [-0.05, 0) is 35.0 Å². The Balaban J connectivity index is 1.50. The number of piperazine rings is 1. The third kappa shape index (κ3) is 4.24. The number of tetrazole rings is 1. The molecule has 1 aliphatic rings. The molecule has 0 spiro atoms. The van der Waals surface area contributed by atoms with Gasteiger partial charge in [0.15, 0.2) is 0 Å². The molecule has 0 unspecified atom stereocenters. The van der Waals surface area contributed by atoms with Gasteiger partial charge in [-0.3, -0.25) is 4.79 Å². The van der Waals surface area contributed by atoms with Crippen LogP contribution in [0.25, 0.3) is 0 Å². The Kier molecular flexibility index (Phi) is 5.13. The molecule has 0 aliphatic carbocycles. The molecule has 25 heavy (non-hydrogen) atoms. The van der Waals surface area contributed by atoms with Crippen LogP contribution in [0.2, 0.25) is 5.02 Å². The molecule has 1 aromatic heterocycles. The van der Waals surface area contributed by atoms with E-state index in [2.05, 4.69) is 20.8 Å². The van der Waals surface area contributed by atoms with Crippen molar-refractivity contribution in [1.29, 1.82) is 0 Å². The van der Waals surface area contributed by atoms with Crippen molar-refractivity contribution in [3.05, 3.63) is 35.1 Å². The molecule has 132 valence electrons. The lowest BCUT2D eigenvalue weighted by Crippen LogP contribution is -2.52. The molecule has 0 atom stereocenters. The lowest BCUT2D eigenvalue weighted by Gasteiger charge is -2.34. The van der Waals surface area contributed by atoms with Crippen LogP contribution in [0.5, 0.6) is 0 Å². The van der Waals surface area contributed by atoms with Crippen molar-refractivity contribution in [2.75, 3.05) is 31.5 Å². The lowest BCUT2D eigenvalue weighted by molar-refractivity contribution is -0.133. The minimum atomic E-state index is -0.201. The zero-order valence-electron chi connectivity index (χ0n) is 13.7. The van der Waals surface area contributed by atoms with Crippen LogP contribution in [0.1, 0.15) is 5.56 Å². The molecule has 0 radical (unpaired) electrons. The fourth-order valence-electron chi connectivity index (χ4n) is 2.52. The van der Waals surface area contributed by atoms with Gasteiger partial charge in [0.05, 0.1) is 0 Å². The summed E-state index contributed by atoms with van der Waals surface area (Å²) in [7, 11) is 0. The van der Waals surface area contributed by atoms with Crippen molar-refractivity contribution in [3.63, 3.8) is 0 Å². The third-order valence-electron chi connectivity index (χ3n) is 4.03. The minimum Gasteiger partial charge on any atom is -0.338 e. The van der Waals surface area contributed by atoms with Gasteiger partial charge >= 0.3 is 6.03 Å². The quantitative estimate of drug-likeness (QED) is 0.878. The molecule has 0 bridgehead atoms. The fraction of sp³-hybridized carbons (Fsp3) is 0.400. The van der Waals surface area contributed by atoms with E-state index in [-0.39, 0.29) is 18.5 Å². The Labute approximate surface area is 149 Å². The first kappa shape index (κ1) is 17.2. The van der Waals surface area contributed by atoms with Gasteiger partial charge in [0.1, 0.15) is 12.9 Å². The van der Waals surface area contributed by atoms with Crippen LogP contribution in [0.4, 0.5) is 10.5 Å². The maximum atomic E-state index is 12.3. The molecular weight excluding hydrogens is 346 g/mol. The lowest BCUT2D eigenvalue weighted by atomic mass is 10.2. The van der Waals surface area contributed by atoms with E-state index in [0.717, 1.165) is 5.56 Å². The average Bonchev–Trinajstić information content (AvgIpc) is 3.11. The SMILES string of the molecule is Cc1ccc(NC(=O)N2CCN(C(=O)Cn3cnnn3)CC2)cc1Cl. The highest BCUT2D eigenvalue weighted by Gasteiger charge is 2.24. The van der Waals surface area contributed by atoms with E-state index in [1.165, 1.54) is 11.0 Å². The van der Waals surface area contributed by atoms with Crippen LogP contribution in [0, 0.1) is 6.92 Å². The molecule has 1 fully saturated rings. The zero-order valence-corrected chi connectivity index (χ0v) is 14.5. The van der Waals surface area contributed by atoms with E-state index in [0.29, 0.717) is 36.9 Å². The Morgan fingerprint density at radius 1 is 1.20 bits per heavy atom. The van der Waals surface area contributed by atoms with E-state index in [4.69, 9.17) is 11.6 Å². The molecule has 2 heterocycles. The summed E-state index contributed by atoms with van der Waals surface area (Å²) in [6.07, 6.45) is 1.40. The molecule has 9 nitrogen and oxygen atoms in total. The normalized spacial score (nSPS) is 14.5. The van der Waals surface area contributed by atoms with Crippen LogP contribution < -0.4 is 5.32 Å². The van der Waals surface area contributed by atoms with Gasteiger partial charge in [0, 0.05) is 36.9 Å². The molecule has 3 rings (SSSR count). The molecule has 2 aromatic rings. The number of urea groups is 1. The van der Waals surface area contributed by atoms with E-state index >= 15 is 0 Å². The zero-order chi connectivity index (χ0) is 17.8. The number of hydrogen-bond acceptors (Lipinski definition) is 5. The Morgan fingerprint density at radius 2 is 1.92 bits per heavy atom. The van der Waals surface area contributed by atoms with Crippen LogP contribution in [-0.4, -0.2) is 68.1 Å². The summed E-state index contributed by atoms with van der Waals surface area (Å²) in [5, 5.41) is 14.1. The Morgan fingerprint density at radius 3 is 2.56 bits per heavy atom. The second-order valence-electron chi connectivity index (χ2n) is 5.77. The van der Waals surface area contributed by atoms with Gasteiger partial charge in [-0.2, -0.15) is 0 Å². The van der Waals surface area contributed by atoms with Crippen molar-refractivity contribution in [2.45, 2.75) is 13.5 Å². The number of anilines is 1.